The molecule has 0 bridgehead atoms. The number of nitrogens with one attached hydrogen (secondary N) is 3. The van der Waals surface area contributed by atoms with E-state index in [9.17, 15) is 0 Å². The van der Waals surface area contributed by atoms with Crippen molar-refractivity contribution in [1.82, 2.24) is 15.5 Å². The topological polar surface area (TPSA) is 52.7 Å². The molecule has 0 aliphatic carbocycles. The summed E-state index contributed by atoms with van der Waals surface area (Å²) in [6.07, 6.45) is 3.04. The van der Waals surface area contributed by atoms with E-state index in [-0.39, 0.29) is 0 Å². The maximum Gasteiger partial charge on any atom is 0.0756 e. The van der Waals surface area contributed by atoms with Crippen LogP contribution in [-0.2, 0) is 0 Å². The molecule has 0 spiro atoms. The lowest BCUT2D eigenvalue weighted by atomic mass is 10.2. The highest BCUT2D eigenvalue weighted by atomic mass is 15.1. The third kappa shape index (κ3) is 1.43. The molecule has 1 aliphatic heterocycles. The van der Waals surface area contributed by atoms with Crippen LogP contribution in [0, 0.1) is 6.92 Å². The molecule has 0 amide bonds. The third-order valence-electron chi connectivity index (χ3n) is 2.25. The second-order valence-corrected chi connectivity index (χ2v) is 3.24. The van der Waals surface area contributed by atoms with E-state index in [1.807, 2.05) is 13.1 Å². The average Bonchev–Trinajstić information content (AvgIpc) is 2.65. The van der Waals surface area contributed by atoms with Crippen LogP contribution in [-0.4, -0.2) is 29.3 Å². The molecule has 1 fully saturated rings. The molecule has 4 heteroatoms. The number of H-pyrrole nitrogens is 1. The van der Waals surface area contributed by atoms with Crippen molar-refractivity contribution in [3.8, 4) is 0 Å². The van der Waals surface area contributed by atoms with Gasteiger partial charge in [-0.15, -0.1) is 0 Å². The van der Waals surface area contributed by atoms with Crippen LogP contribution in [0.25, 0.3) is 0 Å². The monoisotopic (exact) mass is 166 g/mol. The zero-order valence-corrected chi connectivity index (χ0v) is 7.22. The first-order chi connectivity index (χ1) is 5.86. The minimum Gasteiger partial charge on any atom is -0.378 e. The molecule has 1 aromatic rings. The van der Waals surface area contributed by atoms with Crippen LogP contribution in [0.2, 0.25) is 0 Å². The molecule has 66 valence electrons. The van der Waals surface area contributed by atoms with Crippen molar-refractivity contribution < 1.29 is 0 Å². The van der Waals surface area contributed by atoms with Gasteiger partial charge in [-0.2, -0.15) is 5.10 Å². The Bertz CT molecular complexity index is 249. The summed E-state index contributed by atoms with van der Waals surface area (Å²) in [6.45, 7) is 4.21. The van der Waals surface area contributed by atoms with Crippen LogP contribution in [0.3, 0.4) is 0 Å². The van der Waals surface area contributed by atoms with Gasteiger partial charge in [0.05, 0.1) is 17.6 Å². The maximum absolute atomic E-state index is 3.96. The molecule has 12 heavy (non-hydrogen) atoms. The molecule has 3 N–H and O–H groups in total. The molecule has 1 aliphatic rings. The number of aromatic nitrogens is 2. The fraction of sp³-hybridized carbons (Fsp3) is 0.625. The van der Waals surface area contributed by atoms with E-state index in [4.69, 9.17) is 0 Å². The van der Waals surface area contributed by atoms with Crippen molar-refractivity contribution in [3.05, 3.63) is 11.9 Å². The van der Waals surface area contributed by atoms with Crippen molar-refractivity contribution >= 4 is 5.69 Å². The highest BCUT2D eigenvalue weighted by Crippen LogP contribution is 2.13. The van der Waals surface area contributed by atoms with Gasteiger partial charge in [0, 0.05) is 12.6 Å². The van der Waals surface area contributed by atoms with Crippen molar-refractivity contribution in [2.75, 3.05) is 18.4 Å². The molecular formula is C8H14N4. The predicted molar refractivity (Wildman–Crippen MR) is 48.2 cm³/mol. The lowest BCUT2D eigenvalue weighted by Crippen LogP contribution is -2.22. The SMILES string of the molecule is Cc1[nH]ncc1NC1CCNC1. The van der Waals surface area contributed by atoms with E-state index in [0.717, 1.165) is 24.5 Å². The Labute approximate surface area is 71.7 Å². The Kier molecular flexibility index (Phi) is 1.99. The summed E-state index contributed by atoms with van der Waals surface area (Å²) in [4.78, 5) is 0. The minimum atomic E-state index is 0.571. The molecule has 2 heterocycles. The Hall–Kier alpha value is -1.03. The molecule has 0 saturated carbocycles. The Morgan fingerprint density at radius 1 is 1.67 bits per heavy atom. The Balaban J connectivity index is 1.98. The molecule has 0 aromatic carbocycles. The van der Waals surface area contributed by atoms with E-state index < -0.39 is 0 Å². The Morgan fingerprint density at radius 2 is 2.58 bits per heavy atom. The fourth-order valence-corrected chi connectivity index (χ4v) is 1.49. The summed E-state index contributed by atoms with van der Waals surface area (Å²) < 4.78 is 0. The summed E-state index contributed by atoms with van der Waals surface area (Å²) in [5.41, 5.74) is 2.24. The van der Waals surface area contributed by atoms with Crippen LogP contribution in [0.4, 0.5) is 5.69 Å². The quantitative estimate of drug-likeness (QED) is 0.599. The molecule has 0 radical (unpaired) electrons. The van der Waals surface area contributed by atoms with Crippen molar-refractivity contribution in [2.24, 2.45) is 0 Å². The number of nitrogens with zero attached hydrogens (tertiary/aromatic N) is 1. The number of rotatable bonds is 2. The highest BCUT2D eigenvalue weighted by molar-refractivity contribution is 5.46. The predicted octanol–water partition coefficient (Wildman–Crippen LogP) is 0.492. The van der Waals surface area contributed by atoms with Gasteiger partial charge in [0.15, 0.2) is 0 Å². The van der Waals surface area contributed by atoms with Crippen LogP contribution in [0.5, 0.6) is 0 Å². The van der Waals surface area contributed by atoms with Crippen molar-refractivity contribution in [2.45, 2.75) is 19.4 Å². The van der Waals surface area contributed by atoms with Gasteiger partial charge in [0.2, 0.25) is 0 Å². The molecule has 1 atom stereocenters. The molecule has 2 rings (SSSR count). The summed E-state index contributed by atoms with van der Waals surface area (Å²) >= 11 is 0. The molecule has 1 unspecified atom stereocenters. The number of anilines is 1. The summed E-state index contributed by atoms with van der Waals surface area (Å²) in [5, 5.41) is 13.6. The van der Waals surface area contributed by atoms with Gasteiger partial charge in [0.1, 0.15) is 0 Å². The minimum absolute atomic E-state index is 0.571. The van der Waals surface area contributed by atoms with Crippen molar-refractivity contribution in [1.29, 1.82) is 0 Å². The third-order valence-corrected chi connectivity index (χ3v) is 2.25. The van der Waals surface area contributed by atoms with Gasteiger partial charge in [-0.3, -0.25) is 5.10 Å². The second-order valence-electron chi connectivity index (χ2n) is 3.24. The maximum atomic E-state index is 3.96. The molecule has 1 aromatic heterocycles. The molecule has 4 nitrogen and oxygen atoms in total. The van der Waals surface area contributed by atoms with Crippen LogP contribution >= 0.6 is 0 Å². The lowest BCUT2D eigenvalue weighted by Gasteiger charge is -2.10. The van der Waals surface area contributed by atoms with Gasteiger partial charge < -0.3 is 10.6 Å². The van der Waals surface area contributed by atoms with Crippen LogP contribution < -0.4 is 10.6 Å². The highest BCUT2D eigenvalue weighted by Gasteiger charge is 2.14. The number of aryl methyl sites for hydroxylation is 1. The summed E-state index contributed by atoms with van der Waals surface area (Å²) in [5.74, 6) is 0. The zero-order chi connectivity index (χ0) is 8.39. The van der Waals surface area contributed by atoms with E-state index in [1.54, 1.807) is 0 Å². The summed E-state index contributed by atoms with van der Waals surface area (Å²) in [7, 11) is 0. The van der Waals surface area contributed by atoms with E-state index >= 15 is 0 Å². The second kappa shape index (κ2) is 3.15. The molecule has 1 saturated heterocycles. The van der Waals surface area contributed by atoms with Crippen molar-refractivity contribution in [3.63, 3.8) is 0 Å². The van der Waals surface area contributed by atoms with Gasteiger partial charge in [0.25, 0.3) is 0 Å². The summed E-state index contributed by atoms with van der Waals surface area (Å²) in [6, 6.07) is 0.571. The van der Waals surface area contributed by atoms with Gasteiger partial charge in [-0.25, -0.2) is 0 Å². The van der Waals surface area contributed by atoms with Gasteiger partial charge in [-0.05, 0) is 19.9 Å². The standard InChI is InChI=1S/C8H14N4/c1-6-8(5-10-12-6)11-7-2-3-9-4-7/h5,7,9,11H,2-4H2,1H3,(H,10,12). The van der Waals surface area contributed by atoms with Gasteiger partial charge >= 0.3 is 0 Å². The fourth-order valence-electron chi connectivity index (χ4n) is 1.49. The smallest absolute Gasteiger partial charge is 0.0756 e. The van der Waals surface area contributed by atoms with E-state index in [1.165, 1.54) is 6.42 Å². The van der Waals surface area contributed by atoms with E-state index in [0.29, 0.717) is 6.04 Å². The normalized spacial score (nSPS) is 22.9. The average molecular weight is 166 g/mol. The Morgan fingerprint density at radius 3 is 3.17 bits per heavy atom. The van der Waals surface area contributed by atoms with Gasteiger partial charge in [-0.1, -0.05) is 0 Å². The lowest BCUT2D eigenvalue weighted by molar-refractivity contribution is 0.792. The van der Waals surface area contributed by atoms with Crippen LogP contribution in [0.1, 0.15) is 12.1 Å². The first-order valence-electron chi connectivity index (χ1n) is 4.33. The largest absolute Gasteiger partial charge is 0.378 e. The number of aromatic amines is 1. The molecular weight excluding hydrogens is 152 g/mol. The first-order valence-corrected chi connectivity index (χ1v) is 4.33. The number of hydrogen-bond donors (Lipinski definition) is 3. The van der Waals surface area contributed by atoms with E-state index in [2.05, 4.69) is 20.8 Å². The first kappa shape index (κ1) is 7.61. The zero-order valence-electron chi connectivity index (χ0n) is 7.22. The van der Waals surface area contributed by atoms with Crippen LogP contribution in [0.15, 0.2) is 6.20 Å². The number of hydrogen-bond acceptors (Lipinski definition) is 3.